The van der Waals surface area contributed by atoms with Gasteiger partial charge in [-0.1, -0.05) is 42.5 Å². The van der Waals surface area contributed by atoms with Crippen LogP contribution in [0.3, 0.4) is 0 Å². The molecule has 0 saturated heterocycles. The van der Waals surface area contributed by atoms with Crippen molar-refractivity contribution in [1.82, 2.24) is 9.78 Å². The summed E-state index contributed by atoms with van der Waals surface area (Å²) >= 11 is 0. The van der Waals surface area contributed by atoms with Gasteiger partial charge in [-0.3, -0.25) is 4.90 Å². The SMILES string of the molecule is COC(=O)C1=C(C(=O)OC)N(c2ccccc2-n2nc(C(F)(F)F)c3c2CCCC3)C(N)=C(C#N)C1c1ccccc1. The minimum Gasteiger partial charge on any atom is -0.466 e. The molecule has 1 aromatic heterocycles. The summed E-state index contributed by atoms with van der Waals surface area (Å²) in [7, 11) is 2.25. The molecule has 0 radical (unpaired) electrons. The lowest BCUT2D eigenvalue weighted by molar-refractivity contribution is -0.142. The third-order valence-corrected chi connectivity index (χ3v) is 7.41. The lowest BCUT2D eigenvalue weighted by Crippen LogP contribution is -2.41. The van der Waals surface area contributed by atoms with Crippen LogP contribution in [0.2, 0.25) is 0 Å². The van der Waals surface area contributed by atoms with Crippen LogP contribution < -0.4 is 10.6 Å². The molecular formula is C30H26F3N5O4. The molecule has 1 atom stereocenters. The Hall–Kier alpha value is -5.05. The average molecular weight is 578 g/mol. The monoisotopic (exact) mass is 577 g/mol. The predicted octanol–water partition coefficient (Wildman–Crippen LogP) is 4.67. The van der Waals surface area contributed by atoms with Crippen molar-refractivity contribution in [3.63, 3.8) is 0 Å². The van der Waals surface area contributed by atoms with Crippen molar-refractivity contribution in [2.75, 3.05) is 19.1 Å². The Kier molecular flexibility index (Phi) is 7.51. The van der Waals surface area contributed by atoms with E-state index in [2.05, 4.69) is 11.2 Å². The summed E-state index contributed by atoms with van der Waals surface area (Å²) in [5.74, 6) is -3.17. The first-order valence-corrected chi connectivity index (χ1v) is 13.1. The van der Waals surface area contributed by atoms with Gasteiger partial charge >= 0.3 is 18.1 Å². The van der Waals surface area contributed by atoms with E-state index in [-0.39, 0.29) is 46.0 Å². The van der Waals surface area contributed by atoms with Crippen LogP contribution in [0.1, 0.15) is 41.3 Å². The van der Waals surface area contributed by atoms with Gasteiger partial charge in [0.2, 0.25) is 0 Å². The Balaban J connectivity index is 1.84. The molecule has 2 aromatic carbocycles. The summed E-state index contributed by atoms with van der Waals surface area (Å²) in [4.78, 5) is 28.0. The number of aromatic nitrogens is 2. The second kappa shape index (κ2) is 11.1. The number of para-hydroxylation sites is 2. The molecule has 0 fully saturated rings. The Morgan fingerprint density at radius 3 is 2.21 bits per heavy atom. The van der Waals surface area contributed by atoms with Crippen molar-refractivity contribution in [3.8, 4) is 11.8 Å². The molecule has 1 unspecified atom stereocenters. The molecule has 1 aliphatic heterocycles. The van der Waals surface area contributed by atoms with E-state index < -0.39 is 29.7 Å². The number of alkyl halides is 3. The summed E-state index contributed by atoms with van der Waals surface area (Å²) in [6, 6.07) is 16.8. The zero-order valence-electron chi connectivity index (χ0n) is 22.7. The first-order chi connectivity index (χ1) is 20.1. The fraction of sp³-hybridized carbons (Fsp3) is 0.267. The van der Waals surface area contributed by atoms with Crippen LogP contribution >= 0.6 is 0 Å². The van der Waals surface area contributed by atoms with E-state index in [1.165, 1.54) is 16.8 Å². The Labute approximate surface area is 239 Å². The first kappa shape index (κ1) is 28.5. The Bertz CT molecular complexity index is 1670. The molecule has 3 aromatic rings. The second-order valence-electron chi connectivity index (χ2n) is 9.71. The number of nitrogens with zero attached hydrogens (tertiary/aromatic N) is 4. The number of allylic oxidation sites excluding steroid dienone is 1. The molecule has 2 aliphatic rings. The minimum absolute atomic E-state index is 0.0671. The lowest BCUT2D eigenvalue weighted by Gasteiger charge is -2.36. The molecule has 5 rings (SSSR count). The van der Waals surface area contributed by atoms with Crippen molar-refractivity contribution >= 4 is 17.6 Å². The number of rotatable bonds is 5. The number of benzene rings is 2. The topological polar surface area (TPSA) is 123 Å². The molecule has 42 heavy (non-hydrogen) atoms. The van der Waals surface area contributed by atoms with Crippen LogP contribution in [0.25, 0.3) is 5.69 Å². The number of nitriles is 1. The maximum absolute atomic E-state index is 14.0. The predicted molar refractivity (Wildman–Crippen MR) is 145 cm³/mol. The third-order valence-electron chi connectivity index (χ3n) is 7.41. The fourth-order valence-corrected chi connectivity index (χ4v) is 5.62. The van der Waals surface area contributed by atoms with Crippen molar-refractivity contribution in [2.24, 2.45) is 5.73 Å². The van der Waals surface area contributed by atoms with Gasteiger partial charge in [0, 0.05) is 11.3 Å². The number of methoxy groups -OCH3 is 2. The average Bonchev–Trinajstić information content (AvgIpc) is 3.40. The number of anilines is 1. The van der Waals surface area contributed by atoms with Gasteiger partial charge in [0.05, 0.1) is 48.7 Å². The fourth-order valence-electron chi connectivity index (χ4n) is 5.62. The smallest absolute Gasteiger partial charge is 0.435 e. The van der Waals surface area contributed by atoms with Crippen molar-refractivity contribution < 1.29 is 32.2 Å². The van der Waals surface area contributed by atoms with Crippen LogP contribution in [0.15, 0.2) is 77.3 Å². The highest BCUT2D eigenvalue weighted by Crippen LogP contribution is 2.45. The number of carbonyl (C=O) groups excluding carboxylic acids is 2. The van der Waals surface area contributed by atoms with Crippen LogP contribution in [0.5, 0.6) is 0 Å². The van der Waals surface area contributed by atoms with Gasteiger partial charge in [0.25, 0.3) is 0 Å². The van der Waals surface area contributed by atoms with Crippen molar-refractivity contribution in [1.29, 1.82) is 5.26 Å². The van der Waals surface area contributed by atoms with Crippen molar-refractivity contribution in [2.45, 2.75) is 37.8 Å². The standard InChI is InChI=1S/C30H26F3N5O4/c1-41-28(39)24-23(17-10-4-3-5-11-17)19(16-34)27(35)37(25(24)29(40)42-2)21-14-8-9-15-22(21)38-20-13-7-6-12-18(20)26(36-38)30(31,32)33/h3-5,8-11,14-15,23H,6-7,12-13,35H2,1-2H3. The zero-order valence-corrected chi connectivity index (χ0v) is 22.7. The van der Waals surface area contributed by atoms with E-state index in [0.29, 0.717) is 30.5 Å². The highest BCUT2D eigenvalue weighted by Gasteiger charge is 2.44. The van der Waals surface area contributed by atoms with E-state index >= 15 is 0 Å². The summed E-state index contributed by atoms with van der Waals surface area (Å²) in [5.41, 5.74) is 6.30. The van der Waals surface area contributed by atoms with E-state index in [0.717, 1.165) is 19.1 Å². The minimum atomic E-state index is -4.68. The van der Waals surface area contributed by atoms with Gasteiger partial charge in [-0.15, -0.1) is 0 Å². The van der Waals surface area contributed by atoms with E-state index in [1.54, 1.807) is 42.5 Å². The van der Waals surface area contributed by atoms with Gasteiger partial charge in [-0.25, -0.2) is 14.3 Å². The van der Waals surface area contributed by atoms with Crippen LogP contribution in [-0.2, 0) is 38.1 Å². The maximum Gasteiger partial charge on any atom is 0.435 e. The summed E-state index contributed by atoms with van der Waals surface area (Å²) in [6.07, 6.45) is -2.85. The van der Waals surface area contributed by atoms with E-state index in [9.17, 15) is 28.0 Å². The molecule has 9 nitrogen and oxygen atoms in total. The highest BCUT2D eigenvalue weighted by molar-refractivity contribution is 6.06. The molecule has 0 spiro atoms. The number of nitrogens with two attached hydrogens (primary N) is 1. The zero-order chi connectivity index (χ0) is 30.2. The van der Waals surface area contributed by atoms with Gasteiger partial charge in [-0.2, -0.15) is 23.5 Å². The first-order valence-electron chi connectivity index (χ1n) is 13.1. The van der Waals surface area contributed by atoms with Gasteiger partial charge in [-0.05, 0) is 43.4 Å². The third kappa shape index (κ3) is 4.66. The molecule has 216 valence electrons. The quantitative estimate of drug-likeness (QED) is 0.434. The summed E-state index contributed by atoms with van der Waals surface area (Å²) in [6.45, 7) is 0. The normalized spacial score (nSPS) is 17.0. The van der Waals surface area contributed by atoms with Gasteiger partial charge < -0.3 is 15.2 Å². The molecular weight excluding hydrogens is 551 g/mol. The molecule has 0 bridgehead atoms. The highest BCUT2D eigenvalue weighted by atomic mass is 19.4. The van der Waals surface area contributed by atoms with Gasteiger partial charge in [0.15, 0.2) is 5.69 Å². The number of esters is 2. The van der Waals surface area contributed by atoms with Gasteiger partial charge in [0.1, 0.15) is 11.5 Å². The summed E-state index contributed by atoms with van der Waals surface area (Å²) in [5, 5.41) is 14.3. The molecule has 2 heterocycles. The number of ether oxygens (including phenoxy) is 2. The number of halogens is 3. The molecule has 2 N–H and O–H groups in total. The lowest BCUT2D eigenvalue weighted by atomic mass is 9.81. The Morgan fingerprint density at radius 2 is 1.60 bits per heavy atom. The molecule has 0 saturated carbocycles. The van der Waals surface area contributed by atoms with Crippen molar-refractivity contribution in [3.05, 3.63) is 99.8 Å². The maximum atomic E-state index is 14.0. The van der Waals surface area contributed by atoms with Crippen LogP contribution in [-0.4, -0.2) is 35.9 Å². The molecule has 0 amide bonds. The number of fused-ring (bicyclic) bond motifs is 1. The number of hydrogen-bond acceptors (Lipinski definition) is 8. The van der Waals surface area contributed by atoms with E-state index in [1.807, 2.05) is 0 Å². The number of carbonyl (C=O) groups is 2. The van der Waals surface area contributed by atoms with E-state index in [4.69, 9.17) is 15.2 Å². The van der Waals surface area contributed by atoms with Crippen LogP contribution in [0.4, 0.5) is 18.9 Å². The second-order valence-corrected chi connectivity index (χ2v) is 9.71. The number of hydrogen-bond donors (Lipinski definition) is 1. The molecule has 1 aliphatic carbocycles. The largest absolute Gasteiger partial charge is 0.466 e. The summed E-state index contributed by atoms with van der Waals surface area (Å²) < 4.78 is 53.5. The Morgan fingerprint density at radius 1 is 0.976 bits per heavy atom. The molecule has 12 heteroatoms. The van der Waals surface area contributed by atoms with Crippen LogP contribution in [0, 0.1) is 11.3 Å².